The molecule has 0 heterocycles. The molecular formula is C12H16FNO3S. The summed E-state index contributed by atoms with van der Waals surface area (Å²) in [5, 5.41) is 0. The van der Waals surface area contributed by atoms with Crippen LogP contribution in [0.15, 0.2) is 35.0 Å². The van der Waals surface area contributed by atoms with E-state index in [1.807, 2.05) is 0 Å². The third kappa shape index (κ3) is 4.12. The number of aryl methyl sites for hydroxylation is 1. The van der Waals surface area contributed by atoms with Crippen molar-refractivity contribution in [3.05, 3.63) is 35.7 Å². The van der Waals surface area contributed by atoms with Gasteiger partial charge >= 0.3 is 0 Å². The van der Waals surface area contributed by atoms with Crippen LogP contribution in [0.4, 0.5) is 4.39 Å². The molecule has 100 valence electrons. The van der Waals surface area contributed by atoms with E-state index in [0.29, 0.717) is 11.3 Å². The Hall–Kier alpha value is -1.40. The van der Waals surface area contributed by atoms with Crippen molar-refractivity contribution in [3.8, 4) is 5.75 Å². The quantitative estimate of drug-likeness (QED) is 0.884. The molecule has 0 spiro atoms. The summed E-state index contributed by atoms with van der Waals surface area (Å²) < 4.78 is 41.0. The second-order valence-corrected chi connectivity index (χ2v) is 5.86. The normalized spacial score (nSPS) is 12.6. The summed E-state index contributed by atoms with van der Waals surface area (Å²) in [4.78, 5) is 0.243. The van der Waals surface area contributed by atoms with Crippen LogP contribution in [0.1, 0.15) is 5.56 Å². The topological polar surface area (TPSA) is 69.4 Å². The van der Waals surface area contributed by atoms with Gasteiger partial charge in [0.15, 0.2) is 9.84 Å². The first-order valence-corrected chi connectivity index (χ1v) is 7.22. The lowest BCUT2D eigenvalue weighted by molar-refractivity contribution is 0.318. The number of benzene rings is 1. The molecule has 2 N–H and O–H groups in total. The minimum absolute atomic E-state index is 0.112. The van der Waals surface area contributed by atoms with Crippen molar-refractivity contribution in [1.82, 2.24) is 0 Å². The van der Waals surface area contributed by atoms with E-state index in [1.54, 1.807) is 13.0 Å². The Labute approximate surface area is 106 Å². The monoisotopic (exact) mass is 273 g/mol. The van der Waals surface area contributed by atoms with E-state index in [4.69, 9.17) is 10.5 Å². The maximum absolute atomic E-state index is 13.0. The Bertz CT molecular complexity index is 552. The molecule has 0 radical (unpaired) electrons. The van der Waals surface area contributed by atoms with E-state index in [2.05, 4.69) is 0 Å². The van der Waals surface area contributed by atoms with Crippen molar-refractivity contribution in [2.45, 2.75) is 11.8 Å². The molecule has 1 rings (SSSR count). The second kappa shape index (κ2) is 5.97. The number of hydrogen-bond acceptors (Lipinski definition) is 4. The number of sulfone groups is 1. The highest BCUT2D eigenvalue weighted by Crippen LogP contribution is 2.21. The number of nitrogens with two attached hydrogens (primary N) is 1. The number of rotatable bonds is 5. The summed E-state index contributed by atoms with van der Waals surface area (Å²) in [7, 11) is -3.25. The molecule has 0 aliphatic heterocycles. The minimum atomic E-state index is -3.25. The van der Waals surface area contributed by atoms with Gasteiger partial charge in [-0.1, -0.05) is 0 Å². The molecule has 1 aromatic rings. The lowest BCUT2D eigenvalue weighted by atomic mass is 10.2. The standard InChI is InChI=1S/C12H16FNO3S/c1-9-7-11(17-8-10(13)5-6-14)3-4-12(9)18(2,15)16/h3-5,7H,6,8,14H2,1-2H3/b10-5-. The zero-order chi connectivity index (χ0) is 13.8. The van der Waals surface area contributed by atoms with Crippen LogP contribution in [0, 0.1) is 6.92 Å². The van der Waals surface area contributed by atoms with Crippen molar-refractivity contribution in [1.29, 1.82) is 0 Å². The summed E-state index contributed by atoms with van der Waals surface area (Å²) in [5.74, 6) is -0.0391. The van der Waals surface area contributed by atoms with Crippen molar-refractivity contribution in [3.63, 3.8) is 0 Å². The lowest BCUT2D eigenvalue weighted by Gasteiger charge is -2.08. The van der Waals surface area contributed by atoms with Crippen LogP contribution < -0.4 is 10.5 Å². The maximum atomic E-state index is 13.0. The van der Waals surface area contributed by atoms with Crippen LogP contribution in [-0.4, -0.2) is 27.8 Å². The van der Waals surface area contributed by atoms with Crippen LogP contribution in [0.25, 0.3) is 0 Å². The summed E-state index contributed by atoms with van der Waals surface area (Å²) in [6.07, 6.45) is 2.36. The Morgan fingerprint density at radius 2 is 2.17 bits per heavy atom. The van der Waals surface area contributed by atoms with Gasteiger partial charge in [-0.2, -0.15) is 0 Å². The van der Waals surface area contributed by atoms with E-state index in [9.17, 15) is 12.8 Å². The zero-order valence-corrected chi connectivity index (χ0v) is 11.1. The molecule has 0 saturated heterocycles. The van der Waals surface area contributed by atoms with Crippen LogP contribution in [-0.2, 0) is 9.84 Å². The van der Waals surface area contributed by atoms with Gasteiger partial charge in [0.05, 0.1) is 4.90 Å². The SMILES string of the molecule is Cc1cc(OC/C(F)=C/CN)ccc1S(C)(=O)=O. The van der Waals surface area contributed by atoms with E-state index in [1.165, 1.54) is 18.2 Å². The van der Waals surface area contributed by atoms with E-state index in [-0.39, 0.29) is 18.0 Å². The minimum Gasteiger partial charge on any atom is -0.487 e. The Kier molecular flexibility index (Phi) is 4.86. The van der Waals surface area contributed by atoms with Gasteiger partial charge in [-0.3, -0.25) is 0 Å². The zero-order valence-electron chi connectivity index (χ0n) is 10.3. The van der Waals surface area contributed by atoms with Gasteiger partial charge in [-0.25, -0.2) is 12.8 Å². The average molecular weight is 273 g/mol. The van der Waals surface area contributed by atoms with Gasteiger partial charge in [0, 0.05) is 12.8 Å². The van der Waals surface area contributed by atoms with Crippen LogP contribution in [0.3, 0.4) is 0 Å². The Morgan fingerprint density at radius 1 is 1.50 bits per heavy atom. The first-order valence-electron chi connectivity index (χ1n) is 5.32. The molecule has 0 amide bonds. The van der Waals surface area contributed by atoms with Gasteiger partial charge in [-0.15, -0.1) is 0 Å². The van der Waals surface area contributed by atoms with E-state index < -0.39 is 15.7 Å². The van der Waals surface area contributed by atoms with Crippen molar-refractivity contribution in [2.24, 2.45) is 5.73 Å². The highest BCUT2D eigenvalue weighted by molar-refractivity contribution is 7.90. The molecule has 1 aromatic carbocycles. The Morgan fingerprint density at radius 3 is 2.67 bits per heavy atom. The third-order valence-corrected chi connectivity index (χ3v) is 3.52. The van der Waals surface area contributed by atoms with Crippen LogP contribution in [0.2, 0.25) is 0 Å². The van der Waals surface area contributed by atoms with Crippen LogP contribution >= 0.6 is 0 Å². The molecule has 0 aliphatic rings. The summed E-state index contributed by atoms with van der Waals surface area (Å²) in [6.45, 7) is 1.56. The predicted molar refractivity (Wildman–Crippen MR) is 68.0 cm³/mol. The fraction of sp³-hybridized carbons (Fsp3) is 0.333. The average Bonchev–Trinajstić information content (AvgIpc) is 2.25. The molecule has 0 atom stereocenters. The molecule has 6 heteroatoms. The van der Waals surface area contributed by atoms with Crippen molar-refractivity contribution < 1.29 is 17.5 Å². The molecule has 0 aliphatic carbocycles. The second-order valence-electron chi connectivity index (χ2n) is 3.87. The molecule has 0 unspecified atom stereocenters. The number of ether oxygens (including phenoxy) is 1. The first-order chi connectivity index (χ1) is 8.34. The van der Waals surface area contributed by atoms with Crippen LogP contribution in [0.5, 0.6) is 5.75 Å². The summed E-state index contributed by atoms with van der Waals surface area (Å²) >= 11 is 0. The Balaban J connectivity index is 2.83. The fourth-order valence-corrected chi connectivity index (χ4v) is 2.43. The van der Waals surface area contributed by atoms with Crippen molar-refractivity contribution in [2.75, 3.05) is 19.4 Å². The molecule has 18 heavy (non-hydrogen) atoms. The summed E-state index contributed by atoms with van der Waals surface area (Å²) in [5.41, 5.74) is 5.72. The maximum Gasteiger partial charge on any atom is 0.175 e. The lowest BCUT2D eigenvalue weighted by Crippen LogP contribution is -2.03. The smallest absolute Gasteiger partial charge is 0.175 e. The van der Waals surface area contributed by atoms with Gasteiger partial charge in [0.1, 0.15) is 18.2 Å². The number of hydrogen-bond donors (Lipinski definition) is 1. The highest BCUT2D eigenvalue weighted by atomic mass is 32.2. The largest absolute Gasteiger partial charge is 0.487 e. The molecule has 4 nitrogen and oxygen atoms in total. The molecule has 0 bridgehead atoms. The van der Waals surface area contributed by atoms with Gasteiger partial charge in [-0.05, 0) is 36.8 Å². The van der Waals surface area contributed by atoms with E-state index >= 15 is 0 Å². The number of halogens is 1. The molecule has 0 aromatic heterocycles. The van der Waals surface area contributed by atoms with Gasteiger partial charge < -0.3 is 10.5 Å². The predicted octanol–water partition coefficient (Wildman–Crippen LogP) is 1.59. The van der Waals surface area contributed by atoms with Gasteiger partial charge in [0.25, 0.3) is 0 Å². The first kappa shape index (κ1) is 14.7. The molecule has 0 fully saturated rings. The fourth-order valence-electron chi connectivity index (χ4n) is 1.47. The third-order valence-electron chi connectivity index (χ3n) is 2.26. The van der Waals surface area contributed by atoms with Gasteiger partial charge in [0.2, 0.25) is 0 Å². The summed E-state index contributed by atoms with van der Waals surface area (Å²) in [6, 6.07) is 4.51. The molecule has 0 saturated carbocycles. The van der Waals surface area contributed by atoms with Crippen molar-refractivity contribution >= 4 is 9.84 Å². The highest BCUT2D eigenvalue weighted by Gasteiger charge is 2.11. The molecular weight excluding hydrogens is 257 g/mol. The van der Waals surface area contributed by atoms with E-state index in [0.717, 1.165) is 6.26 Å².